The first kappa shape index (κ1) is 17.1. The molecule has 2 aromatic carbocycles. The van der Waals surface area contributed by atoms with Gasteiger partial charge < -0.3 is 10.6 Å². The maximum atomic E-state index is 12.0. The van der Waals surface area contributed by atoms with Gasteiger partial charge >= 0.3 is 0 Å². The van der Waals surface area contributed by atoms with Crippen molar-refractivity contribution in [1.82, 2.24) is 5.32 Å². The largest absolute Gasteiger partial charge is 0.352 e. The van der Waals surface area contributed by atoms with Gasteiger partial charge in [-0.05, 0) is 24.6 Å². The maximum Gasteiger partial charge on any atom is 0.271 e. The van der Waals surface area contributed by atoms with Gasteiger partial charge in [0.25, 0.3) is 11.6 Å². The second-order valence-corrected chi connectivity index (χ2v) is 5.18. The van der Waals surface area contributed by atoms with Gasteiger partial charge in [-0.1, -0.05) is 24.3 Å². The number of nitro benzene ring substituents is 1. The maximum absolute atomic E-state index is 12.0. The van der Waals surface area contributed by atoms with E-state index in [1.807, 2.05) is 19.1 Å². The number of nitrogens with zero attached hydrogens (tertiary/aromatic N) is 1. The Balaban J connectivity index is 1.83. The van der Waals surface area contributed by atoms with Crippen molar-refractivity contribution in [2.45, 2.75) is 13.3 Å². The minimum atomic E-state index is -0.530. The Morgan fingerprint density at radius 2 is 1.88 bits per heavy atom. The number of hydrogen-bond donors (Lipinski definition) is 2. The lowest BCUT2D eigenvalue weighted by Gasteiger charge is -2.08. The number of carbonyl (C=O) groups is 2. The van der Waals surface area contributed by atoms with E-state index >= 15 is 0 Å². The van der Waals surface area contributed by atoms with Gasteiger partial charge in [0.1, 0.15) is 0 Å². The lowest BCUT2D eigenvalue weighted by Crippen LogP contribution is -2.28. The summed E-state index contributed by atoms with van der Waals surface area (Å²) in [5.41, 5.74) is 1.67. The molecular formula is C17H17N3O4. The highest BCUT2D eigenvalue weighted by molar-refractivity contribution is 5.96. The number of rotatable bonds is 6. The van der Waals surface area contributed by atoms with E-state index in [0.717, 1.165) is 5.56 Å². The lowest BCUT2D eigenvalue weighted by molar-refractivity contribution is -0.384. The van der Waals surface area contributed by atoms with Gasteiger partial charge in [-0.25, -0.2) is 0 Å². The zero-order valence-corrected chi connectivity index (χ0v) is 13.1. The quantitative estimate of drug-likeness (QED) is 0.629. The van der Waals surface area contributed by atoms with Crippen LogP contribution in [0, 0.1) is 17.0 Å². The molecule has 0 bridgehead atoms. The van der Waals surface area contributed by atoms with Gasteiger partial charge in [0.15, 0.2) is 0 Å². The van der Waals surface area contributed by atoms with Crippen LogP contribution in [0.25, 0.3) is 0 Å². The molecule has 0 aliphatic rings. The predicted octanol–water partition coefficient (Wildman–Crippen LogP) is 2.66. The Labute approximate surface area is 138 Å². The summed E-state index contributed by atoms with van der Waals surface area (Å²) in [6, 6.07) is 12.9. The number of anilines is 1. The lowest BCUT2D eigenvalue weighted by atomic mass is 10.1. The molecule has 0 radical (unpaired) electrons. The van der Waals surface area contributed by atoms with Crippen LogP contribution in [0.3, 0.4) is 0 Å². The van der Waals surface area contributed by atoms with Crippen LogP contribution in [0.2, 0.25) is 0 Å². The fourth-order valence-corrected chi connectivity index (χ4v) is 2.13. The summed E-state index contributed by atoms with van der Waals surface area (Å²) in [4.78, 5) is 34.0. The smallest absolute Gasteiger partial charge is 0.271 e. The van der Waals surface area contributed by atoms with Crippen molar-refractivity contribution in [1.29, 1.82) is 0 Å². The van der Waals surface area contributed by atoms with E-state index in [1.54, 1.807) is 18.2 Å². The Bertz CT molecular complexity index is 774. The highest BCUT2D eigenvalue weighted by Gasteiger charge is 2.10. The van der Waals surface area contributed by atoms with Crippen molar-refractivity contribution in [3.8, 4) is 0 Å². The van der Waals surface area contributed by atoms with E-state index in [-0.39, 0.29) is 30.5 Å². The third-order valence-corrected chi connectivity index (χ3v) is 3.37. The van der Waals surface area contributed by atoms with Gasteiger partial charge in [0.2, 0.25) is 5.91 Å². The molecule has 24 heavy (non-hydrogen) atoms. The molecule has 7 nitrogen and oxygen atoms in total. The number of carbonyl (C=O) groups excluding carboxylic acids is 2. The molecule has 0 aromatic heterocycles. The van der Waals surface area contributed by atoms with E-state index in [4.69, 9.17) is 0 Å². The van der Waals surface area contributed by atoms with E-state index < -0.39 is 4.92 Å². The Morgan fingerprint density at radius 3 is 2.58 bits per heavy atom. The van der Waals surface area contributed by atoms with E-state index in [9.17, 15) is 19.7 Å². The monoisotopic (exact) mass is 327 g/mol. The molecule has 7 heteroatoms. The summed E-state index contributed by atoms with van der Waals surface area (Å²) in [7, 11) is 0. The summed E-state index contributed by atoms with van der Waals surface area (Å²) in [5, 5.41) is 15.9. The average molecular weight is 327 g/mol. The Hall–Kier alpha value is -3.22. The molecule has 0 saturated heterocycles. The third kappa shape index (κ3) is 4.64. The first-order valence-corrected chi connectivity index (χ1v) is 7.35. The minimum Gasteiger partial charge on any atom is -0.352 e. The van der Waals surface area contributed by atoms with Crippen molar-refractivity contribution in [2.24, 2.45) is 0 Å². The van der Waals surface area contributed by atoms with Crippen molar-refractivity contribution in [2.75, 3.05) is 11.9 Å². The highest BCUT2D eigenvalue weighted by Crippen LogP contribution is 2.17. The molecule has 0 atom stereocenters. The molecule has 0 aliphatic carbocycles. The van der Waals surface area contributed by atoms with Crippen LogP contribution < -0.4 is 10.6 Å². The van der Waals surface area contributed by atoms with Crippen LogP contribution in [0.15, 0.2) is 48.5 Å². The van der Waals surface area contributed by atoms with Crippen LogP contribution in [0.5, 0.6) is 0 Å². The average Bonchev–Trinajstić information content (AvgIpc) is 2.55. The topological polar surface area (TPSA) is 101 Å². The van der Waals surface area contributed by atoms with Gasteiger partial charge in [-0.2, -0.15) is 0 Å². The summed E-state index contributed by atoms with van der Waals surface area (Å²) >= 11 is 0. The van der Waals surface area contributed by atoms with E-state index in [0.29, 0.717) is 11.3 Å². The number of nitro groups is 1. The zero-order chi connectivity index (χ0) is 17.5. The second-order valence-electron chi connectivity index (χ2n) is 5.18. The van der Waals surface area contributed by atoms with Gasteiger partial charge in [-0.15, -0.1) is 0 Å². The van der Waals surface area contributed by atoms with Crippen LogP contribution >= 0.6 is 0 Å². The molecule has 0 spiro atoms. The van der Waals surface area contributed by atoms with Crippen molar-refractivity contribution < 1.29 is 14.5 Å². The van der Waals surface area contributed by atoms with E-state index in [1.165, 1.54) is 18.2 Å². The fraction of sp³-hybridized carbons (Fsp3) is 0.176. The van der Waals surface area contributed by atoms with Crippen LogP contribution in [-0.4, -0.2) is 23.3 Å². The van der Waals surface area contributed by atoms with Crippen molar-refractivity contribution in [3.05, 3.63) is 69.8 Å². The zero-order valence-electron chi connectivity index (χ0n) is 13.1. The number of benzene rings is 2. The van der Waals surface area contributed by atoms with Crippen LogP contribution in [0.4, 0.5) is 11.4 Å². The Morgan fingerprint density at radius 1 is 1.12 bits per heavy atom. The summed E-state index contributed by atoms with van der Waals surface area (Å²) in [6.07, 6.45) is 0.0698. The minimum absolute atomic E-state index is 0.0698. The number of aryl methyl sites for hydroxylation is 1. The molecule has 124 valence electrons. The molecule has 2 aromatic rings. The molecule has 0 heterocycles. The molecule has 0 unspecified atom stereocenters. The van der Waals surface area contributed by atoms with Crippen LogP contribution in [0.1, 0.15) is 22.3 Å². The SMILES string of the molecule is Cc1ccccc1C(=O)NCCC(=O)Nc1cccc([N+](=O)[O-])c1. The molecule has 2 rings (SSSR count). The number of non-ortho nitro benzene ring substituents is 1. The first-order valence-electron chi connectivity index (χ1n) is 7.35. The molecular weight excluding hydrogens is 310 g/mol. The normalized spacial score (nSPS) is 10.0. The standard InChI is InChI=1S/C17H17N3O4/c1-12-5-2-3-8-15(12)17(22)18-10-9-16(21)19-13-6-4-7-14(11-13)20(23)24/h2-8,11H,9-10H2,1H3,(H,18,22)(H,19,21). The number of amides is 2. The second kappa shape index (κ2) is 7.87. The fourth-order valence-electron chi connectivity index (χ4n) is 2.13. The predicted molar refractivity (Wildman–Crippen MR) is 89.9 cm³/mol. The van der Waals surface area contributed by atoms with Crippen molar-refractivity contribution in [3.63, 3.8) is 0 Å². The molecule has 2 amide bonds. The summed E-state index contributed by atoms with van der Waals surface area (Å²) in [5.74, 6) is -0.572. The summed E-state index contributed by atoms with van der Waals surface area (Å²) in [6.45, 7) is 2.01. The molecule has 2 N–H and O–H groups in total. The third-order valence-electron chi connectivity index (χ3n) is 3.37. The molecule has 0 fully saturated rings. The highest BCUT2D eigenvalue weighted by atomic mass is 16.6. The van der Waals surface area contributed by atoms with E-state index in [2.05, 4.69) is 10.6 Å². The number of hydrogen-bond acceptors (Lipinski definition) is 4. The summed E-state index contributed by atoms with van der Waals surface area (Å²) < 4.78 is 0. The molecule has 0 aliphatic heterocycles. The Kier molecular flexibility index (Phi) is 5.62. The first-order chi connectivity index (χ1) is 11.5. The van der Waals surface area contributed by atoms with Crippen molar-refractivity contribution >= 4 is 23.2 Å². The molecule has 0 saturated carbocycles. The van der Waals surface area contributed by atoms with Gasteiger partial charge in [-0.3, -0.25) is 19.7 Å². The van der Waals surface area contributed by atoms with Crippen LogP contribution in [-0.2, 0) is 4.79 Å². The van der Waals surface area contributed by atoms with Gasteiger partial charge in [0.05, 0.1) is 4.92 Å². The number of nitrogens with one attached hydrogen (secondary N) is 2. The van der Waals surface area contributed by atoms with Gasteiger partial charge in [0, 0.05) is 36.3 Å².